The monoisotopic (exact) mass is 448 g/mol. The number of H-pyrrole nitrogens is 1. The average molecular weight is 448 g/mol. The zero-order valence-electron chi connectivity index (χ0n) is 18.2. The van der Waals surface area contributed by atoms with Crippen molar-refractivity contribution < 1.29 is 19.1 Å². The van der Waals surface area contributed by atoms with Crippen molar-refractivity contribution in [1.82, 2.24) is 9.88 Å². The molecule has 166 valence electrons. The van der Waals surface area contributed by atoms with Crippen LogP contribution in [0.5, 0.6) is 0 Å². The number of nitrogens with zero attached hydrogens (tertiary/aromatic N) is 1. The van der Waals surface area contributed by atoms with Gasteiger partial charge in [-0.25, -0.2) is 9.59 Å². The molecule has 0 amide bonds. The summed E-state index contributed by atoms with van der Waals surface area (Å²) < 4.78 is 11.6. The number of hydrogen-bond donors (Lipinski definition) is 1. The van der Waals surface area contributed by atoms with Gasteiger partial charge in [0.25, 0.3) is 0 Å². The van der Waals surface area contributed by atoms with Gasteiger partial charge in [0.1, 0.15) is 6.04 Å². The highest BCUT2D eigenvalue weighted by Gasteiger charge is 2.43. The Morgan fingerprint density at radius 1 is 0.853 bits per heavy atom. The lowest BCUT2D eigenvalue weighted by molar-refractivity contribution is 0.0126. The van der Waals surface area contributed by atoms with Crippen molar-refractivity contribution in [2.45, 2.75) is 18.6 Å². The predicted molar refractivity (Wildman–Crippen MR) is 126 cm³/mol. The van der Waals surface area contributed by atoms with Crippen LogP contribution in [0.2, 0.25) is 0 Å². The number of aromatic nitrogens is 1. The van der Waals surface area contributed by atoms with Gasteiger partial charge < -0.3 is 19.4 Å². The second-order valence-corrected chi connectivity index (χ2v) is 8.84. The van der Waals surface area contributed by atoms with E-state index in [4.69, 9.17) is 9.47 Å². The Bertz CT molecular complexity index is 1530. The van der Waals surface area contributed by atoms with Crippen LogP contribution in [0.15, 0.2) is 79.0 Å². The van der Waals surface area contributed by atoms with Crippen LogP contribution < -0.4 is 0 Å². The summed E-state index contributed by atoms with van der Waals surface area (Å²) in [6.07, 6.45) is 2.23. The number of carbonyl (C=O) groups is 2. The van der Waals surface area contributed by atoms with Gasteiger partial charge in [0.2, 0.25) is 0 Å². The molecular weight excluding hydrogens is 428 g/mol. The van der Waals surface area contributed by atoms with E-state index in [2.05, 4.69) is 22.0 Å². The second-order valence-electron chi connectivity index (χ2n) is 8.84. The van der Waals surface area contributed by atoms with Crippen molar-refractivity contribution in [3.8, 4) is 0 Å². The van der Waals surface area contributed by atoms with E-state index in [0.29, 0.717) is 23.4 Å². The fraction of sp³-hybridized carbons (Fsp3) is 0.143. The first-order chi connectivity index (χ1) is 16.7. The fourth-order valence-electron chi connectivity index (χ4n) is 5.50. The predicted octanol–water partition coefficient (Wildman–Crippen LogP) is 5.15. The maximum absolute atomic E-state index is 12.7. The summed E-state index contributed by atoms with van der Waals surface area (Å²) in [6.45, 7) is 0.693. The first-order valence-electron chi connectivity index (χ1n) is 11.4. The van der Waals surface area contributed by atoms with Crippen LogP contribution in [-0.4, -0.2) is 28.4 Å². The first kappa shape index (κ1) is 19.2. The van der Waals surface area contributed by atoms with Crippen LogP contribution in [0.4, 0.5) is 0 Å². The minimum absolute atomic E-state index is 0.289. The minimum atomic E-state index is -0.486. The molecule has 0 bridgehead atoms. The third-order valence-corrected chi connectivity index (χ3v) is 7.03. The van der Waals surface area contributed by atoms with Crippen LogP contribution >= 0.6 is 0 Å². The lowest BCUT2D eigenvalue weighted by atomic mass is 9.90. The third-order valence-electron chi connectivity index (χ3n) is 7.03. The molecule has 7 rings (SSSR count). The quantitative estimate of drug-likeness (QED) is 0.430. The third kappa shape index (κ3) is 2.68. The normalized spacial score (nSPS) is 21.9. The lowest BCUT2D eigenvalue weighted by Gasteiger charge is -2.38. The van der Waals surface area contributed by atoms with E-state index in [1.54, 1.807) is 6.07 Å². The number of rotatable bonds is 2. The highest BCUT2D eigenvalue weighted by Crippen LogP contribution is 2.47. The van der Waals surface area contributed by atoms with Gasteiger partial charge in [-0.3, -0.25) is 0 Å². The smallest absolute Gasteiger partial charge is 0.344 e. The van der Waals surface area contributed by atoms with Crippen molar-refractivity contribution in [2.24, 2.45) is 0 Å². The summed E-state index contributed by atoms with van der Waals surface area (Å²) >= 11 is 0. The van der Waals surface area contributed by atoms with Crippen molar-refractivity contribution in [3.63, 3.8) is 0 Å². The van der Waals surface area contributed by atoms with Crippen LogP contribution in [-0.2, 0) is 15.9 Å². The van der Waals surface area contributed by atoms with Gasteiger partial charge in [-0.05, 0) is 30.2 Å². The van der Waals surface area contributed by atoms with Gasteiger partial charge in [0, 0.05) is 40.5 Å². The van der Waals surface area contributed by atoms with E-state index in [0.717, 1.165) is 28.8 Å². The SMILES string of the molecule is O=C1O/C(=C\N2CCc3c([nH]c4ccccc34)[C@H]2[C@@H]2OC(=O)c3ccccc32)c2ccccc21. The summed E-state index contributed by atoms with van der Waals surface area (Å²) in [4.78, 5) is 30.9. The molecule has 34 heavy (non-hydrogen) atoms. The van der Waals surface area contributed by atoms with E-state index in [9.17, 15) is 9.59 Å². The molecule has 0 spiro atoms. The Labute approximate surface area is 195 Å². The molecule has 4 heterocycles. The molecule has 2 atom stereocenters. The second kappa shape index (κ2) is 7.09. The number of benzene rings is 3. The number of esters is 2. The standard InChI is InChI=1S/C28H20N2O4/c31-27-20-10-3-1-8-17(20)23(33-27)15-30-14-13-18-16-7-5-6-12-22(16)29-24(18)25(30)26-19-9-2-4-11-21(19)28(32)34-26/h1-12,15,25-26,29H,13-14H2/b23-15-/t25-,26+/m0/s1. The van der Waals surface area contributed by atoms with Crippen LogP contribution in [0, 0.1) is 0 Å². The summed E-state index contributed by atoms with van der Waals surface area (Å²) in [5, 5.41) is 1.19. The van der Waals surface area contributed by atoms with Crippen LogP contribution in [0.25, 0.3) is 16.7 Å². The molecule has 6 heteroatoms. The van der Waals surface area contributed by atoms with Gasteiger partial charge in [-0.2, -0.15) is 0 Å². The number of para-hydroxylation sites is 1. The first-order valence-corrected chi connectivity index (χ1v) is 11.4. The van der Waals surface area contributed by atoms with Gasteiger partial charge >= 0.3 is 11.9 Å². The highest BCUT2D eigenvalue weighted by atomic mass is 16.6. The molecule has 0 saturated heterocycles. The molecule has 0 radical (unpaired) electrons. The molecule has 0 unspecified atom stereocenters. The fourth-order valence-corrected chi connectivity index (χ4v) is 5.50. The molecule has 3 aromatic carbocycles. The molecule has 0 saturated carbocycles. The Hall–Kier alpha value is -4.32. The Kier molecular flexibility index (Phi) is 4.00. The zero-order valence-corrected chi connectivity index (χ0v) is 18.2. The van der Waals surface area contributed by atoms with E-state index in [-0.39, 0.29) is 18.0 Å². The number of aromatic amines is 1. The number of hydrogen-bond acceptors (Lipinski definition) is 5. The van der Waals surface area contributed by atoms with Crippen molar-refractivity contribution in [1.29, 1.82) is 0 Å². The number of cyclic esters (lactones) is 2. The van der Waals surface area contributed by atoms with Crippen molar-refractivity contribution in [2.75, 3.05) is 6.54 Å². The molecule has 3 aliphatic heterocycles. The lowest BCUT2D eigenvalue weighted by Crippen LogP contribution is -2.35. The summed E-state index contributed by atoms with van der Waals surface area (Å²) in [5.74, 6) is -0.142. The largest absolute Gasteiger partial charge is 0.451 e. The summed E-state index contributed by atoms with van der Waals surface area (Å²) in [5.41, 5.74) is 6.12. The maximum Gasteiger partial charge on any atom is 0.344 e. The van der Waals surface area contributed by atoms with Crippen LogP contribution in [0.1, 0.15) is 55.2 Å². The maximum atomic E-state index is 12.7. The zero-order chi connectivity index (χ0) is 22.8. The summed E-state index contributed by atoms with van der Waals surface area (Å²) in [6, 6.07) is 22.9. The number of ether oxygens (including phenoxy) is 2. The molecule has 1 N–H and O–H groups in total. The Balaban J connectivity index is 1.40. The van der Waals surface area contributed by atoms with Gasteiger partial charge in [0.15, 0.2) is 11.9 Å². The van der Waals surface area contributed by atoms with E-state index in [1.807, 2.05) is 60.8 Å². The highest BCUT2D eigenvalue weighted by molar-refractivity contribution is 6.02. The Morgan fingerprint density at radius 2 is 1.59 bits per heavy atom. The average Bonchev–Trinajstić information content (AvgIpc) is 3.51. The van der Waals surface area contributed by atoms with Crippen molar-refractivity contribution >= 4 is 28.6 Å². The van der Waals surface area contributed by atoms with Crippen molar-refractivity contribution in [3.05, 3.63) is 113 Å². The number of nitrogens with one attached hydrogen (secondary N) is 1. The molecular formula is C28H20N2O4. The van der Waals surface area contributed by atoms with Gasteiger partial charge in [0.05, 0.1) is 11.1 Å². The minimum Gasteiger partial charge on any atom is -0.451 e. The van der Waals surface area contributed by atoms with E-state index >= 15 is 0 Å². The molecule has 0 aliphatic carbocycles. The van der Waals surface area contributed by atoms with E-state index < -0.39 is 6.10 Å². The molecule has 3 aliphatic rings. The molecule has 6 nitrogen and oxygen atoms in total. The molecule has 0 fully saturated rings. The number of fused-ring (bicyclic) bond motifs is 5. The van der Waals surface area contributed by atoms with Crippen LogP contribution in [0.3, 0.4) is 0 Å². The van der Waals surface area contributed by atoms with E-state index in [1.165, 1.54) is 10.9 Å². The van der Waals surface area contributed by atoms with Gasteiger partial charge in [-0.1, -0.05) is 54.6 Å². The number of carbonyl (C=O) groups excluding carboxylic acids is 2. The molecule has 4 aromatic rings. The topological polar surface area (TPSA) is 71.6 Å². The Morgan fingerprint density at radius 3 is 2.47 bits per heavy atom. The summed E-state index contributed by atoms with van der Waals surface area (Å²) in [7, 11) is 0. The van der Waals surface area contributed by atoms with Gasteiger partial charge in [-0.15, -0.1) is 0 Å². The molecule has 1 aromatic heterocycles.